The Kier molecular flexibility index (Phi) is 8.72. The van der Waals surface area contributed by atoms with E-state index in [-0.39, 0.29) is 5.91 Å². The van der Waals surface area contributed by atoms with Gasteiger partial charge in [-0.2, -0.15) is 28.6 Å². The largest absolute Gasteiger partial charge is 0.446 e. The number of rotatable bonds is 5. The molecule has 0 N–H and O–H groups in total. The van der Waals surface area contributed by atoms with E-state index in [1.807, 2.05) is 42.8 Å². The van der Waals surface area contributed by atoms with Gasteiger partial charge in [0.05, 0.1) is 30.0 Å². The number of aldehydes is 1. The number of halogens is 3. The molecule has 1 amide bonds. The maximum Gasteiger partial charge on any atom is 0.446 e. The predicted octanol–water partition coefficient (Wildman–Crippen LogP) is 3.16. The van der Waals surface area contributed by atoms with Gasteiger partial charge in [0.2, 0.25) is 12.2 Å². The van der Waals surface area contributed by atoms with Crippen LogP contribution in [-0.2, 0) is 16.6 Å². The van der Waals surface area contributed by atoms with Crippen LogP contribution in [-0.4, -0.2) is 98.4 Å². The minimum atomic E-state index is -4.64. The first-order chi connectivity index (χ1) is 20.6. The number of piperazine rings is 1. The minimum absolute atomic E-state index is 0.255. The lowest BCUT2D eigenvalue weighted by Gasteiger charge is -2.35. The van der Waals surface area contributed by atoms with Crippen LogP contribution in [0.2, 0.25) is 0 Å². The number of likely N-dealkylation sites (tertiary alicyclic amines) is 1. The van der Waals surface area contributed by atoms with E-state index in [1.54, 1.807) is 15.4 Å². The van der Waals surface area contributed by atoms with Crippen molar-refractivity contribution in [3.8, 4) is 28.3 Å². The fraction of sp³-hybridized carbons (Fsp3) is 0.379. The van der Waals surface area contributed by atoms with Crippen LogP contribution in [0, 0.1) is 11.3 Å². The van der Waals surface area contributed by atoms with Gasteiger partial charge < -0.3 is 9.80 Å². The van der Waals surface area contributed by atoms with Gasteiger partial charge in [-0.05, 0) is 31.0 Å². The average molecular weight is 594 g/mol. The second kappa shape index (κ2) is 12.6. The van der Waals surface area contributed by atoms with E-state index in [4.69, 9.17) is 9.78 Å². The monoisotopic (exact) mass is 593 g/mol. The molecule has 2 saturated heterocycles. The van der Waals surface area contributed by atoms with E-state index in [0.29, 0.717) is 12.1 Å². The number of fused-ring (bicyclic) bond motifs is 1. The summed E-state index contributed by atoms with van der Waals surface area (Å²) >= 11 is 0. The van der Waals surface area contributed by atoms with Crippen LogP contribution in [0.15, 0.2) is 49.2 Å². The summed E-state index contributed by atoms with van der Waals surface area (Å²) in [6.45, 7) is 5.68. The number of carbonyl (C=O) groups excluding carboxylic acids is 2. The van der Waals surface area contributed by atoms with Crippen molar-refractivity contribution in [1.82, 2.24) is 34.2 Å². The molecule has 2 fully saturated rings. The third-order valence-electron chi connectivity index (χ3n) is 7.48. The first kappa shape index (κ1) is 29.7. The molecule has 11 nitrogen and oxygen atoms in total. The Labute approximate surface area is 245 Å². The molecule has 0 aliphatic carbocycles. The summed E-state index contributed by atoms with van der Waals surface area (Å²) in [5.74, 6) is 1.17. The highest BCUT2D eigenvalue weighted by atomic mass is 19.4. The summed E-state index contributed by atoms with van der Waals surface area (Å²) < 4.78 is 34.8. The Morgan fingerprint density at radius 3 is 2.28 bits per heavy atom. The van der Waals surface area contributed by atoms with E-state index >= 15 is 0 Å². The van der Waals surface area contributed by atoms with Crippen molar-refractivity contribution in [2.75, 3.05) is 50.7 Å². The topological polar surface area (TPSA) is 116 Å². The molecule has 6 heterocycles. The summed E-state index contributed by atoms with van der Waals surface area (Å²) in [4.78, 5) is 32.5. The van der Waals surface area contributed by atoms with Crippen molar-refractivity contribution in [3.05, 3.63) is 54.7 Å². The van der Waals surface area contributed by atoms with Crippen molar-refractivity contribution >= 4 is 23.5 Å². The van der Waals surface area contributed by atoms with Gasteiger partial charge in [-0.15, -0.1) is 0 Å². The smallest absolute Gasteiger partial charge is 0.354 e. The lowest BCUT2D eigenvalue weighted by Crippen LogP contribution is -2.50. The summed E-state index contributed by atoms with van der Waals surface area (Å²) in [6, 6.07) is 8.43. The van der Waals surface area contributed by atoms with Crippen molar-refractivity contribution < 1.29 is 22.8 Å². The number of anilines is 1. The Bertz CT molecular complexity index is 1630. The average Bonchev–Trinajstić information content (AvgIpc) is 3.78. The zero-order valence-corrected chi connectivity index (χ0v) is 23.5. The molecule has 4 aromatic rings. The van der Waals surface area contributed by atoms with Crippen LogP contribution in [0.5, 0.6) is 0 Å². The Hall–Kier alpha value is -4.77. The summed E-state index contributed by atoms with van der Waals surface area (Å²) in [7, 11) is 1.89. The van der Waals surface area contributed by atoms with Gasteiger partial charge in [-0.1, -0.05) is 0 Å². The first-order valence-electron chi connectivity index (χ1n) is 13.8. The molecule has 0 radical (unpaired) electrons. The number of nitriles is 1. The molecule has 43 heavy (non-hydrogen) atoms. The quantitative estimate of drug-likeness (QED) is 0.324. The molecule has 14 heteroatoms. The molecule has 0 aromatic carbocycles. The highest BCUT2D eigenvalue weighted by molar-refractivity contribution is 5.87. The van der Waals surface area contributed by atoms with Gasteiger partial charge in [0.15, 0.2) is 0 Å². The summed E-state index contributed by atoms with van der Waals surface area (Å²) in [5.41, 5.74) is 5.06. The number of aryl methyl sites for hydroxylation is 1. The van der Waals surface area contributed by atoms with Crippen LogP contribution >= 0.6 is 0 Å². The lowest BCUT2D eigenvalue weighted by atomic mass is 10.0. The molecule has 4 aromatic heterocycles. The molecular weight excluding hydrogens is 563 g/mol. The van der Waals surface area contributed by atoms with Crippen LogP contribution in [0.3, 0.4) is 0 Å². The van der Waals surface area contributed by atoms with E-state index in [1.165, 1.54) is 0 Å². The normalized spacial score (nSPS) is 15.7. The second-order valence-electron chi connectivity index (χ2n) is 10.4. The van der Waals surface area contributed by atoms with Crippen molar-refractivity contribution in [3.63, 3.8) is 0 Å². The zero-order chi connectivity index (χ0) is 30.6. The van der Waals surface area contributed by atoms with Crippen molar-refractivity contribution in [1.29, 1.82) is 5.26 Å². The third-order valence-corrected chi connectivity index (χ3v) is 7.48. The molecule has 0 spiro atoms. The molecule has 224 valence electrons. The third kappa shape index (κ3) is 7.00. The van der Waals surface area contributed by atoms with Gasteiger partial charge in [-0.25, -0.2) is 9.50 Å². The SMILES string of the molecule is Cn1cc(-c2cc(-c3ccc(N4CCN(CC(=O)N5CCCC5)CC4)nc3)c3c(C#N)cnn3c2)cn1.O=CC(F)(F)F. The highest BCUT2D eigenvalue weighted by Gasteiger charge is 2.25. The number of amides is 1. The van der Waals surface area contributed by atoms with E-state index < -0.39 is 12.5 Å². The van der Waals surface area contributed by atoms with Gasteiger partial charge >= 0.3 is 6.18 Å². The standard InChI is InChI=1S/C27H29N9O.C2HF3O/c1-32-17-23(16-30-32)21-12-24(27-22(13-28)15-31-36(27)18-21)20-4-5-25(29-14-20)34-10-8-33(9-11-34)19-26(37)35-6-2-3-7-35;3-2(4,5)1-6/h4-5,12,14-18H,2-3,6-11,19H2,1H3;1H. The summed E-state index contributed by atoms with van der Waals surface area (Å²) in [5, 5.41) is 18.4. The maximum absolute atomic E-state index is 12.5. The van der Waals surface area contributed by atoms with Crippen LogP contribution < -0.4 is 4.90 Å². The molecule has 0 bridgehead atoms. The van der Waals surface area contributed by atoms with Crippen LogP contribution in [0.1, 0.15) is 18.4 Å². The van der Waals surface area contributed by atoms with Crippen LogP contribution in [0.25, 0.3) is 27.8 Å². The van der Waals surface area contributed by atoms with E-state index in [2.05, 4.69) is 38.2 Å². The maximum atomic E-state index is 12.5. The Morgan fingerprint density at radius 2 is 1.70 bits per heavy atom. The van der Waals surface area contributed by atoms with Crippen molar-refractivity contribution in [2.24, 2.45) is 7.05 Å². The zero-order valence-electron chi connectivity index (χ0n) is 23.5. The van der Waals surface area contributed by atoms with Crippen LogP contribution in [0.4, 0.5) is 19.0 Å². The number of nitrogens with zero attached hydrogens (tertiary/aromatic N) is 9. The minimum Gasteiger partial charge on any atom is -0.354 e. The number of hydrogen-bond donors (Lipinski definition) is 0. The molecule has 0 saturated carbocycles. The molecule has 2 aliphatic rings. The van der Waals surface area contributed by atoms with E-state index in [0.717, 1.165) is 85.7 Å². The number of hydrogen-bond acceptors (Lipinski definition) is 8. The highest BCUT2D eigenvalue weighted by Crippen LogP contribution is 2.32. The molecule has 0 unspecified atom stereocenters. The number of pyridine rings is 2. The molecule has 6 rings (SSSR count). The fourth-order valence-electron chi connectivity index (χ4n) is 5.28. The molecule has 2 aliphatic heterocycles. The number of alkyl halides is 3. The lowest BCUT2D eigenvalue weighted by molar-refractivity contribution is -0.156. The molecular formula is C29H30F3N9O2. The predicted molar refractivity (Wildman–Crippen MR) is 152 cm³/mol. The number of aromatic nitrogens is 5. The van der Waals surface area contributed by atoms with Gasteiger partial charge in [0.25, 0.3) is 0 Å². The first-order valence-corrected chi connectivity index (χ1v) is 13.8. The molecule has 0 atom stereocenters. The van der Waals surface area contributed by atoms with Gasteiger partial charge in [-0.3, -0.25) is 19.2 Å². The summed E-state index contributed by atoms with van der Waals surface area (Å²) in [6.07, 6.45) is 5.72. The Morgan fingerprint density at radius 1 is 0.977 bits per heavy atom. The fourth-order valence-corrected chi connectivity index (χ4v) is 5.28. The second-order valence-corrected chi connectivity index (χ2v) is 10.4. The van der Waals surface area contributed by atoms with Gasteiger partial charge in [0, 0.05) is 87.2 Å². The van der Waals surface area contributed by atoms with Crippen molar-refractivity contribution in [2.45, 2.75) is 19.0 Å². The van der Waals surface area contributed by atoms with Gasteiger partial charge in [0.1, 0.15) is 11.9 Å². The Balaban J connectivity index is 0.000000559. The van der Waals surface area contributed by atoms with E-state index in [9.17, 15) is 23.2 Å². The number of carbonyl (C=O) groups is 2.